The Morgan fingerprint density at radius 3 is 2.75 bits per heavy atom. The van der Waals surface area contributed by atoms with Gasteiger partial charge in [0.15, 0.2) is 0 Å². The van der Waals surface area contributed by atoms with Gasteiger partial charge in [-0.05, 0) is 56.7 Å². The third-order valence-electron chi connectivity index (χ3n) is 4.08. The first-order valence-electron chi connectivity index (χ1n) is 9.03. The Hall–Kier alpha value is -3.09. The molecule has 2 aromatic carbocycles. The van der Waals surface area contributed by atoms with Gasteiger partial charge in [0.1, 0.15) is 23.8 Å². The van der Waals surface area contributed by atoms with Gasteiger partial charge >= 0.3 is 6.09 Å². The van der Waals surface area contributed by atoms with Crippen LogP contribution in [0, 0.1) is 5.82 Å². The molecule has 0 fully saturated rings. The van der Waals surface area contributed by atoms with E-state index < -0.39 is 11.7 Å². The van der Waals surface area contributed by atoms with Crippen LogP contribution in [0.4, 0.5) is 9.18 Å². The first kappa shape index (κ1) is 19.7. The standard InChI is InChI=1S/C21H24FN3O3/c1-21(2,3)28-20(26)25(4)9-10-27-19-8-6-16(22)12-17(19)14-5-7-18-15(11-14)13-23-24-18/h5-8,11-13H,9-10H2,1-4H3,(H,23,24). The van der Waals surface area contributed by atoms with Crippen molar-refractivity contribution >= 4 is 17.0 Å². The van der Waals surface area contributed by atoms with E-state index in [1.807, 2.05) is 39.0 Å². The van der Waals surface area contributed by atoms with Crippen LogP contribution in [0.3, 0.4) is 0 Å². The van der Waals surface area contributed by atoms with Gasteiger partial charge < -0.3 is 14.4 Å². The molecule has 28 heavy (non-hydrogen) atoms. The SMILES string of the molecule is CN(CCOc1ccc(F)cc1-c1ccc2[nH]ncc2c1)C(=O)OC(C)(C)C. The number of carbonyl (C=O) groups is 1. The number of hydrogen-bond donors (Lipinski definition) is 1. The van der Waals surface area contributed by atoms with Gasteiger partial charge in [-0.25, -0.2) is 9.18 Å². The van der Waals surface area contributed by atoms with Crippen LogP contribution in [0.1, 0.15) is 20.8 Å². The van der Waals surface area contributed by atoms with Crippen molar-refractivity contribution in [2.75, 3.05) is 20.2 Å². The van der Waals surface area contributed by atoms with Crippen LogP contribution in [0.25, 0.3) is 22.0 Å². The molecule has 3 rings (SSSR count). The van der Waals surface area contributed by atoms with Crippen LogP contribution in [-0.4, -0.2) is 47.0 Å². The molecule has 0 aliphatic carbocycles. The zero-order valence-electron chi connectivity index (χ0n) is 16.5. The number of aromatic nitrogens is 2. The fraction of sp³-hybridized carbons (Fsp3) is 0.333. The molecular formula is C21H24FN3O3. The van der Waals surface area contributed by atoms with Crippen molar-refractivity contribution in [3.05, 3.63) is 48.4 Å². The molecule has 3 aromatic rings. The zero-order valence-corrected chi connectivity index (χ0v) is 16.5. The van der Waals surface area contributed by atoms with Crippen LogP contribution in [0.2, 0.25) is 0 Å². The van der Waals surface area contributed by atoms with E-state index >= 15 is 0 Å². The van der Waals surface area contributed by atoms with Crippen molar-refractivity contribution in [1.29, 1.82) is 0 Å². The molecule has 7 heteroatoms. The third-order valence-corrected chi connectivity index (χ3v) is 4.08. The Kier molecular flexibility index (Phi) is 5.53. The molecule has 148 valence electrons. The van der Waals surface area contributed by atoms with Crippen molar-refractivity contribution in [2.45, 2.75) is 26.4 Å². The topological polar surface area (TPSA) is 67.5 Å². The van der Waals surface area contributed by atoms with Gasteiger partial charge in [0.25, 0.3) is 0 Å². The van der Waals surface area contributed by atoms with Gasteiger partial charge in [0, 0.05) is 18.0 Å². The van der Waals surface area contributed by atoms with Gasteiger partial charge in [-0.1, -0.05) is 6.07 Å². The summed E-state index contributed by atoms with van der Waals surface area (Å²) in [6.45, 7) is 6.04. The molecule has 0 aliphatic heterocycles. The van der Waals surface area contributed by atoms with E-state index in [-0.39, 0.29) is 12.4 Å². The Labute approximate surface area is 163 Å². The number of ether oxygens (including phenoxy) is 2. The number of rotatable bonds is 5. The van der Waals surface area contributed by atoms with Crippen LogP contribution >= 0.6 is 0 Å². The number of hydrogen-bond acceptors (Lipinski definition) is 4. The summed E-state index contributed by atoms with van der Waals surface area (Å²) < 4.78 is 25.0. The molecule has 1 amide bonds. The number of nitrogens with one attached hydrogen (secondary N) is 1. The van der Waals surface area contributed by atoms with E-state index in [0.717, 1.165) is 16.5 Å². The summed E-state index contributed by atoms with van der Waals surface area (Å²) in [7, 11) is 1.65. The summed E-state index contributed by atoms with van der Waals surface area (Å²) in [4.78, 5) is 13.5. The van der Waals surface area contributed by atoms with Gasteiger partial charge in [-0.2, -0.15) is 5.10 Å². The second kappa shape index (κ2) is 7.88. The Morgan fingerprint density at radius 1 is 1.21 bits per heavy atom. The maximum atomic E-state index is 13.9. The second-order valence-corrected chi connectivity index (χ2v) is 7.56. The average Bonchev–Trinajstić information content (AvgIpc) is 3.09. The number of carbonyl (C=O) groups excluding carboxylic acids is 1. The van der Waals surface area contributed by atoms with E-state index in [1.165, 1.54) is 17.0 Å². The minimum atomic E-state index is -0.554. The second-order valence-electron chi connectivity index (χ2n) is 7.56. The minimum Gasteiger partial charge on any atom is -0.491 e. The molecule has 0 unspecified atom stereocenters. The fourth-order valence-electron chi connectivity index (χ4n) is 2.69. The summed E-state index contributed by atoms with van der Waals surface area (Å²) in [5.74, 6) is 0.197. The largest absolute Gasteiger partial charge is 0.491 e. The Morgan fingerprint density at radius 2 is 2.00 bits per heavy atom. The number of halogens is 1. The zero-order chi connectivity index (χ0) is 20.3. The number of aromatic amines is 1. The van der Waals surface area contributed by atoms with Gasteiger partial charge in [0.05, 0.1) is 18.3 Å². The lowest BCUT2D eigenvalue weighted by atomic mass is 10.0. The lowest BCUT2D eigenvalue weighted by Crippen LogP contribution is -2.36. The highest BCUT2D eigenvalue weighted by Crippen LogP contribution is 2.32. The average molecular weight is 385 g/mol. The molecule has 0 saturated carbocycles. The van der Waals surface area contributed by atoms with E-state index in [0.29, 0.717) is 17.9 Å². The molecule has 1 heterocycles. The first-order valence-corrected chi connectivity index (χ1v) is 9.03. The highest BCUT2D eigenvalue weighted by Gasteiger charge is 2.19. The molecule has 0 aliphatic rings. The monoisotopic (exact) mass is 385 g/mol. The lowest BCUT2D eigenvalue weighted by molar-refractivity contribution is 0.0278. The van der Waals surface area contributed by atoms with Crippen molar-refractivity contribution < 1.29 is 18.7 Å². The smallest absolute Gasteiger partial charge is 0.410 e. The van der Waals surface area contributed by atoms with Gasteiger partial charge in [0.2, 0.25) is 0 Å². The number of amides is 1. The fourth-order valence-corrected chi connectivity index (χ4v) is 2.69. The van der Waals surface area contributed by atoms with Crippen LogP contribution in [0.5, 0.6) is 5.75 Å². The molecule has 0 radical (unpaired) electrons. The van der Waals surface area contributed by atoms with Crippen molar-refractivity contribution in [3.8, 4) is 16.9 Å². The Bertz CT molecular complexity index is 978. The summed E-state index contributed by atoms with van der Waals surface area (Å²) in [6, 6.07) is 10.1. The molecule has 0 bridgehead atoms. The summed E-state index contributed by atoms with van der Waals surface area (Å²) in [6.07, 6.45) is 1.30. The number of likely N-dealkylation sites (N-methyl/N-ethyl adjacent to an activating group) is 1. The van der Waals surface area contributed by atoms with Crippen LogP contribution < -0.4 is 4.74 Å². The first-order chi connectivity index (χ1) is 13.2. The number of benzene rings is 2. The van der Waals surface area contributed by atoms with E-state index in [2.05, 4.69) is 10.2 Å². The maximum Gasteiger partial charge on any atom is 0.410 e. The van der Waals surface area contributed by atoms with Gasteiger partial charge in [-0.15, -0.1) is 0 Å². The highest BCUT2D eigenvalue weighted by atomic mass is 19.1. The van der Waals surface area contributed by atoms with Crippen molar-refractivity contribution in [3.63, 3.8) is 0 Å². The normalized spacial score (nSPS) is 11.5. The lowest BCUT2D eigenvalue weighted by Gasteiger charge is -2.24. The van der Waals surface area contributed by atoms with E-state index in [9.17, 15) is 9.18 Å². The minimum absolute atomic E-state index is 0.252. The maximum absolute atomic E-state index is 13.9. The summed E-state index contributed by atoms with van der Waals surface area (Å²) >= 11 is 0. The summed E-state index contributed by atoms with van der Waals surface area (Å²) in [5.41, 5.74) is 1.82. The number of fused-ring (bicyclic) bond motifs is 1. The quantitative estimate of drug-likeness (QED) is 0.696. The molecule has 0 atom stereocenters. The van der Waals surface area contributed by atoms with Crippen LogP contribution in [0.15, 0.2) is 42.6 Å². The van der Waals surface area contributed by atoms with Gasteiger partial charge in [-0.3, -0.25) is 5.10 Å². The van der Waals surface area contributed by atoms with E-state index in [4.69, 9.17) is 9.47 Å². The predicted molar refractivity (Wildman–Crippen MR) is 106 cm³/mol. The van der Waals surface area contributed by atoms with E-state index in [1.54, 1.807) is 19.3 Å². The predicted octanol–water partition coefficient (Wildman–Crippen LogP) is 4.61. The van der Waals surface area contributed by atoms with Crippen molar-refractivity contribution in [2.24, 2.45) is 0 Å². The molecular weight excluding hydrogens is 361 g/mol. The molecule has 6 nitrogen and oxygen atoms in total. The molecule has 0 saturated heterocycles. The molecule has 0 spiro atoms. The van der Waals surface area contributed by atoms with Crippen LogP contribution in [-0.2, 0) is 4.74 Å². The number of nitrogens with zero attached hydrogens (tertiary/aromatic N) is 2. The Balaban J connectivity index is 1.72. The van der Waals surface area contributed by atoms with Crippen molar-refractivity contribution in [1.82, 2.24) is 15.1 Å². The molecule has 1 aromatic heterocycles. The third kappa shape index (κ3) is 4.79. The number of H-pyrrole nitrogens is 1. The highest BCUT2D eigenvalue weighted by molar-refractivity contribution is 5.85. The molecule has 1 N–H and O–H groups in total. The summed E-state index contributed by atoms with van der Waals surface area (Å²) in [5, 5.41) is 7.83.